The number of likely N-dealkylation sites (N-methyl/N-ethyl adjacent to an activating group) is 1. The Bertz CT molecular complexity index is 1010. The molecule has 0 spiro atoms. The SMILES string of the molecule is CCc1ccc(C(CNC(=O)c2ccc(=O)n(-c3ccccc3)n2)N(C)C)cc1. The first kappa shape index (κ1) is 20.5. The number of aryl methyl sites for hydroxylation is 1. The second kappa shape index (κ2) is 9.30. The van der Waals surface area contributed by atoms with Crippen LogP contribution in [0.5, 0.6) is 0 Å². The Kier molecular flexibility index (Phi) is 6.57. The summed E-state index contributed by atoms with van der Waals surface area (Å²) in [6, 6.07) is 20.3. The quantitative estimate of drug-likeness (QED) is 0.674. The lowest BCUT2D eigenvalue weighted by molar-refractivity contribution is 0.0935. The molecule has 1 aromatic heterocycles. The average molecular weight is 390 g/mol. The summed E-state index contributed by atoms with van der Waals surface area (Å²) in [4.78, 5) is 26.9. The van der Waals surface area contributed by atoms with Crippen LogP contribution >= 0.6 is 0 Å². The monoisotopic (exact) mass is 390 g/mol. The summed E-state index contributed by atoms with van der Waals surface area (Å²) in [7, 11) is 3.97. The van der Waals surface area contributed by atoms with Crippen molar-refractivity contribution in [1.82, 2.24) is 20.0 Å². The maximum Gasteiger partial charge on any atom is 0.271 e. The summed E-state index contributed by atoms with van der Waals surface area (Å²) >= 11 is 0. The van der Waals surface area contributed by atoms with E-state index in [0.717, 1.165) is 12.0 Å². The number of hydrogen-bond donors (Lipinski definition) is 1. The van der Waals surface area contributed by atoms with E-state index in [1.54, 1.807) is 12.1 Å². The molecule has 3 rings (SSSR count). The Labute approximate surface area is 170 Å². The number of benzene rings is 2. The van der Waals surface area contributed by atoms with Crippen LogP contribution in [-0.4, -0.2) is 41.2 Å². The fourth-order valence-electron chi connectivity index (χ4n) is 3.14. The number of aromatic nitrogens is 2. The molecular weight excluding hydrogens is 364 g/mol. The van der Waals surface area contributed by atoms with Gasteiger partial charge < -0.3 is 10.2 Å². The summed E-state index contributed by atoms with van der Waals surface area (Å²) in [5.41, 5.74) is 2.95. The molecule has 1 unspecified atom stereocenters. The minimum Gasteiger partial charge on any atom is -0.349 e. The van der Waals surface area contributed by atoms with Gasteiger partial charge in [-0.15, -0.1) is 0 Å². The van der Waals surface area contributed by atoms with Crippen LogP contribution in [0.2, 0.25) is 0 Å². The standard InChI is InChI=1S/C23H26N4O2/c1-4-17-10-12-18(13-11-17)21(26(2)3)16-24-23(29)20-14-15-22(28)27(25-20)19-8-6-5-7-9-19/h5-15,21H,4,16H2,1-3H3,(H,24,29). The van der Waals surface area contributed by atoms with E-state index in [-0.39, 0.29) is 23.2 Å². The molecule has 150 valence electrons. The summed E-state index contributed by atoms with van der Waals surface area (Å²) in [6.45, 7) is 2.56. The molecule has 0 saturated heterocycles. The van der Waals surface area contributed by atoms with E-state index in [4.69, 9.17) is 0 Å². The van der Waals surface area contributed by atoms with Crippen molar-refractivity contribution in [2.75, 3.05) is 20.6 Å². The molecule has 0 bridgehead atoms. The topological polar surface area (TPSA) is 67.2 Å². The Balaban J connectivity index is 1.76. The van der Waals surface area contributed by atoms with E-state index in [0.29, 0.717) is 12.2 Å². The van der Waals surface area contributed by atoms with Crippen LogP contribution in [0, 0.1) is 0 Å². The van der Waals surface area contributed by atoms with Crippen molar-refractivity contribution >= 4 is 5.91 Å². The van der Waals surface area contributed by atoms with Gasteiger partial charge in [0, 0.05) is 12.6 Å². The van der Waals surface area contributed by atoms with Gasteiger partial charge in [0.2, 0.25) is 0 Å². The van der Waals surface area contributed by atoms with Gasteiger partial charge in [0.05, 0.1) is 11.7 Å². The number of rotatable bonds is 7. The van der Waals surface area contributed by atoms with Gasteiger partial charge in [0.1, 0.15) is 5.69 Å². The second-order valence-corrected chi connectivity index (χ2v) is 7.09. The minimum absolute atomic E-state index is 0.0323. The van der Waals surface area contributed by atoms with Crippen molar-refractivity contribution in [3.8, 4) is 5.69 Å². The Morgan fingerprint density at radius 2 is 1.72 bits per heavy atom. The summed E-state index contributed by atoms with van der Waals surface area (Å²) in [5.74, 6) is -0.313. The molecule has 0 aliphatic carbocycles. The zero-order valence-electron chi connectivity index (χ0n) is 17.0. The number of hydrogen-bond acceptors (Lipinski definition) is 4. The third kappa shape index (κ3) is 4.97. The van der Waals surface area contributed by atoms with Gasteiger partial charge in [0.15, 0.2) is 0 Å². The van der Waals surface area contributed by atoms with Gasteiger partial charge in [-0.05, 0) is 49.8 Å². The molecule has 2 aromatic carbocycles. The zero-order chi connectivity index (χ0) is 20.8. The van der Waals surface area contributed by atoms with Gasteiger partial charge in [0.25, 0.3) is 11.5 Å². The van der Waals surface area contributed by atoms with E-state index in [1.165, 1.54) is 22.4 Å². The summed E-state index contributed by atoms with van der Waals surface area (Å²) in [6.07, 6.45) is 0.993. The largest absolute Gasteiger partial charge is 0.349 e. The first-order valence-electron chi connectivity index (χ1n) is 9.69. The molecule has 1 amide bonds. The molecule has 29 heavy (non-hydrogen) atoms. The van der Waals surface area contributed by atoms with E-state index in [1.807, 2.05) is 32.3 Å². The van der Waals surface area contributed by atoms with E-state index in [9.17, 15) is 9.59 Å². The van der Waals surface area contributed by atoms with Crippen LogP contribution in [0.1, 0.15) is 34.6 Å². The van der Waals surface area contributed by atoms with Crippen LogP contribution < -0.4 is 10.9 Å². The highest BCUT2D eigenvalue weighted by Gasteiger charge is 2.17. The predicted octanol–water partition coefficient (Wildman–Crippen LogP) is 2.83. The third-order valence-electron chi connectivity index (χ3n) is 4.89. The molecule has 0 saturated carbocycles. The second-order valence-electron chi connectivity index (χ2n) is 7.09. The van der Waals surface area contributed by atoms with E-state index < -0.39 is 0 Å². The molecule has 6 heteroatoms. The predicted molar refractivity (Wildman–Crippen MR) is 114 cm³/mol. The van der Waals surface area contributed by atoms with Crippen molar-refractivity contribution in [3.05, 3.63) is 93.9 Å². The van der Waals surface area contributed by atoms with Crippen molar-refractivity contribution in [2.24, 2.45) is 0 Å². The summed E-state index contributed by atoms with van der Waals surface area (Å²) < 4.78 is 1.24. The highest BCUT2D eigenvalue weighted by Crippen LogP contribution is 2.18. The maximum atomic E-state index is 12.7. The van der Waals surface area contributed by atoms with E-state index >= 15 is 0 Å². The highest BCUT2D eigenvalue weighted by molar-refractivity contribution is 5.92. The van der Waals surface area contributed by atoms with Crippen LogP contribution in [0.3, 0.4) is 0 Å². The van der Waals surface area contributed by atoms with Gasteiger partial charge in [-0.1, -0.05) is 49.4 Å². The summed E-state index contributed by atoms with van der Waals surface area (Å²) in [5, 5.41) is 7.19. The van der Waals surface area contributed by atoms with Gasteiger partial charge in [-0.25, -0.2) is 0 Å². The molecule has 6 nitrogen and oxygen atoms in total. The minimum atomic E-state index is -0.313. The number of nitrogens with zero attached hydrogens (tertiary/aromatic N) is 3. The molecule has 1 heterocycles. The number of nitrogens with one attached hydrogen (secondary N) is 1. The Hall–Kier alpha value is -3.25. The first-order valence-corrected chi connectivity index (χ1v) is 9.69. The molecule has 0 aliphatic heterocycles. The van der Waals surface area contributed by atoms with Crippen LogP contribution in [-0.2, 0) is 6.42 Å². The molecule has 0 fully saturated rings. The van der Waals surface area contributed by atoms with Crippen molar-refractivity contribution < 1.29 is 4.79 Å². The smallest absolute Gasteiger partial charge is 0.271 e. The first-order chi connectivity index (χ1) is 14.0. The molecule has 0 radical (unpaired) electrons. The molecular formula is C23H26N4O2. The number of carbonyl (C=O) groups excluding carboxylic acids is 1. The van der Waals surface area contributed by atoms with Gasteiger partial charge >= 0.3 is 0 Å². The lowest BCUT2D eigenvalue weighted by atomic mass is 10.0. The highest BCUT2D eigenvalue weighted by atomic mass is 16.2. The van der Waals surface area contributed by atoms with Crippen LogP contribution in [0.25, 0.3) is 5.69 Å². The fourth-order valence-corrected chi connectivity index (χ4v) is 3.14. The lowest BCUT2D eigenvalue weighted by Gasteiger charge is -2.25. The van der Waals surface area contributed by atoms with E-state index in [2.05, 4.69) is 46.5 Å². The Morgan fingerprint density at radius 1 is 1.03 bits per heavy atom. The third-order valence-corrected chi connectivity index (χ3v) is 4.89. The van der Waals surface area contributed by atoms with Gasteiger partial charge in [-0.2, -0.15) is 9.78 Å². The lowest BCUT2D eigenvalue weighted by Crippen LogP contribution is -2.35. The number of carbonyl (C=O) groups is 1. The normalized spacial score (nSPS) is 12.0. The Morgan fingerprint density at radius 3 is 2.34 bits per heavy atom. The van der Waals surface area contributed by atoms with Crippen molar-refractivity contribution in [1.29, 1.82) is 0 Å². The fraction of sp³-hybridized carbons (Fsp3) is 0.261. The molecule has 3 aromatic rings. The molecule has 0 aliphatic rings. The van der Waals surface area contributed by atoms with Gasteiger partial charge in [-0.3, -0.25) is 9.59 Å². The van der Waals surface area contributed by atoms with Crippen LogP contribution in [0.4, 0.5) is 0 Å². The maximum absolute atomic E-state index is 12.7. The number of para-hydroxylation sites is 1. The zero-order valence-corrected chi connectivity index (χ0v) is 17.0. The van der Waals surface area contributed by atoms with Crippen LogP contribution in [0.15, 0.2) is 71.5 Å². The molecule has 1 N–H and O–H groups in total. The molecule has 1 atom stereocenters. The van der Waals surface area contributed by atoms with Crippen molar-refractivity contribution in [2.45, 2.75) is 19.4 Å². The number of amides is 1. The average Bonchev–Trinajstić information content (AvgIpc) is 2.75. The van der Waals surface area contributed by atoms with Crippen molar-refractivity contribution in [3.63, 3.8) is 0 Å².